The van der Waals surface area contributed by atoms with Gasteiger partial charge in [-0.15, -0.1) is 0 Å². The third-order valence-electron chi connectivity index (χ3n) is 1.17. The van der Waals surface area contributed by atoms with Gasteiger partial charge in [0.25, 0.3) is 0 Å². The van der Waals surface area contributed by atoms with E-state index in [-0.39, 0.29) is 11.8 Å². The van der Waals surface area contributed by atoms with Crippen LogP contribution in [0.2, 0.25) is 0 Å². The Bertz CT molecular complexity index is 122. The minimum absolute atomic E-state index is 0.127. The van der Waals surface area contributed by atoms with Crippen molar-refractivity contribution in [1.82, 2.24) is 5.32 Å². The molecule has 0 aromatic rings. The smallest absolute Gasteiger partial charge is 0.148 e. The van der Waals surface area contributed by atoms with Crippen LogP contribution < -0.4 is 5.32 Å². The molecule has 1 aliphatic rings. The van der Waals surface area contributed by atoms with Crippen LogP contribution in [0.4, 0.5) is 0 Å². The summed E-state index contributed by atoms with van der Waals surface area (Å²) in [7, 11) is 0. The molecule has 1 fully saturated rings. The lowest BCUT2D eigenvalue weighted by Gasteiger charge is -1.92. The summed E-state index contributed by atoms with van der Waals surface area (Å²) >= 11 is 0. The summed E-state index contributed by atoms with van der Waals surface area (Å²) < 4.78 is 0. The largest absolute Gasteiger partial charge is 0.302 e. The average Bonchev–Trinajstić information content (AvgIpc) is 2.14. The van der Waals surface area contributed by atoms with Crippen molar-refractivity contribution in [2.24, 2.45) is 0 Å². The molecule has 8 heavy (non-hydrogen) atoms. The first kappa shape index (κ1) is 5.44. The minimum atomic E-state index is -0.206. The zero-order chi connectivity index (χ0) is 5.98. The molecule has 0 amide bonds. The third-order valence-corrected chi connectivity index (χ3v) is 1.17. The average molecular weight is 113 g/mol. The topological polar surface area (TPSA) is 46.2 Å². The molecule has 0 bridgehead atoms. The standard InChI is InChI=1S/C5H7NO2/c7-3-4-1-5(8)2-6-4/h3-4,6H,1-2H2/t4-/m1/s1. The Kier molecular flexibility index (Phi) is 1.39. The first-order chi connectivity index (χ1) is 3.83. The Balaban J connectivity index is 2.43. The van der Waals surface area contributed by atoms with E-state index >= 15 is 0 Å². The number of Topliss-reactive ketones (excluding diaryl/α,β-unsaturated/α-hetero) is 1. The third kappa shape index (κ3) is 0.924. The number of carbonyl (C=O) groups excluding carboxylic acids is 2. The second kappa shape index (κ2) is 2.05. The van der Waals surface area contributed by atoms with Crippen LogP contribution in [-0.2, 0) is 9.59 Å². The first-order valence-electron chi connectivity index (χ1n) is 2.53. The van der Waals surface area contributed by atoms with E-state index in [1.165, 1.54) is 0 Å². The van der Waals surface area contributed by atoms with Crippen LogP contribution in [0.3, 0.4) is 0 Å². The zero-order valence-corrected chi connectivity index (χ0v) is 4.39. The summed E-state index contributed by atoms with van der Waals surface area (Å²) in [6, 6.07) is -0.206. The van der Waals surface area contributed by atoms with Crippen LogP contribution in [0.1, 0.15) is 6.42 Å². The molecule has 0 aliphatic carbocycles. The number of ketones is 1. The molecule has 0 unspecified atom stereocenters. The van der Waals surface area contributed by atoms with E-state index in [1.54, 1.807) is 0 Å². The number of hydrogen-bond donors (Lipinski definition) is 1. The van der Waals surface area contributed by atoms with Gasteiger partial charge in [0.2, 0.25) is 0 Å². The van der Waals surface area contributed by atoms with Crippen molar-refractivity contribution < 1.29 is 9.59 Å². The van der Waals surface area contributed by atoms with E-state index in [1.807, 2.05) is 0 Å². The molecular formula is C5H7NO2. The molecule has 3 heteroatoms. The van der Waals surface area contributed by atoms with Crippen LogP contribution in [-0.4, -0.2) is 24.7 Å². The molecule has 1 N–H and O–H groups in total. The fourth-order valence-corrected chi connectivity index (χ4v) is 0.731. The van der Waals surface area contributed by atoms with E-state index in [4.69, 9.17) is 0 Å². The molecule has 0 aromatic heterocycles. The van der Waals surface area contributed by atoms with Crippen LogP contribution in [0.5, 0.6) is 0 Å². The van der Waals surface area contributed by atoms with Gasteiger partial charge in [-0.1, -0.05) is 0 Å². The highest BCUT2D eigenvalue weighted by atomic mass is 16.1. The summed E-state index contributed by atoms with van der Waals surface area (Å²) in [5.74, 6) is 0.127. The Labute approximate surface area is 47.1 Å². The summed E-state index contributed by atoms with van der Waals surface area (Å²) in [4.78, 5) is 20.3. The van der Waals surface area contributed by atoms with Crippen molar-refractivity contribution in [3.05, 3.63) is 0 Å². The molecule has 3 nitrogen and oxygen atoms in total. The van der Waals surface area contributed by atoms with Crippen molar-refractivity contribution in [1.29, 1.82) is 0 Å². The lowest BCUT2D eigenvalue weighted by molar-refractivity contribution is -0.117. The van der Waals surface area contributed by atoms with Crippen LogP contribution in [0.25, 0.3) is 0 Å². The van der Waals surface area contributed by atoms with Gasteiger partial charge in [-0.25, -0.2) is 0 Å². The second-order valence-corrected chi connectivity index (χ2v) is 1.87. The van der Waals surface area contributed by atoms with Crippen molar-refractivity contribution in [2.45, 2.75) is 12.5 Å². The molecule has 0 aromatic carbocycles. The quantitative estimate of drug-likeness (QED) is 0.449. The molecule has 1 heterocycles. The summed E-state index contributed by atoms with van der Waals surface area (Å²) in [6.45, 7) is 0.364. The number of rotatable bonds is 1. The van der Waals surface area contributed by atoms with Crippen molar-refractivity contribution in [2.75, 3.05) is 6.54 Å². The van der Waals surface area contributed by atoms with Gasteiger partial charge < -0.3 is 10.1 Å². The lowest BCUT2D eigenvalue weighted by Crippen LogP contribution is -2.22. The van der Waals surface area contributed by atoms with Gasteiger partial charge in [-0.3, -0.25) is 4.79 Å². The Morgan fingerprint density at radius 1 is 1.75 bits per heavy atom. The second-order valence-electron chi connectivity index (χ2n) is 1.87. The number of nitrogens with one attached hydrogen (secondary N) is 1. The Morgan fingerprint density at radius 2 is 2.50 bits per heavy atom. The zero-order valence-electron chi connectivity index (χ0n) is 4.39. The van der Waals surface area contributed by atoms with Gasteiger partial charge in [0.05, 0.1) is 12.6 Å². The number of aldehydes is 1. The first-order valence-corrected chi connectivity index (χ1v) is 2.53. The maximum absolute atomic E-state index is 10.4. The number of carbonyl (C=O) groups is 2. The molecule has 44 valence electrons. The maximum Gasteiger partial charge on any atom is 0.148 e. The van der Waals surface area contributed by atoms with E-state index in [0.29, 0.717) is 13.0 Å². The molecular weight excluding hydrogens is 106 g/mol. The monoisotopic (exact) mass is 113 g/mol. The van der Waals surface area contributed by atoms with E-state index in [0.717, 1.165) is 6.29 Å². The van der Waals surface area contributed by atoms with Crippen LogP contribution in [0, 0.1) is 0 Å². The van der Waals surface area contributed by atoms with Crippen LogP contribution in [0.15, 0.2) is 0 Å². The SMILES string of the molecule is O=C[C@H]1CC(=O)CN1. The molecule has 0 spiro atoms. The van der Waals surface area contributed by atoms with E-state index in [2.05, 4.69) is 5.32 Å². The molecule has 0 saturated carbocycles. The van der Waals surface area contributed by atoms with E-state index in [9.17, 15) is 9.59 Å². The van der Waals surface area contributed by atoms with E-state index < -0.39 is 0 Å². The fraction of sp³-hybridized carbons (Fsp3) is 0.600. The van der Waals surface area contributed by atoms with Gasteiger partial charge >= 0.3 is 0 Å². The van der Waals surface area contributed by atoms with Gasteiger partial charge in [0, 0.05) is 6.42 Å². The van der Waals surface area contributed by atoms with Gasteiger partial charge in [-0.05, 0) is 0 Å². The predicted octanol–water partition coefficient (Wildman–Crippen LogP) is -0.884. The Morgan fingerprint density at radius 3 is 2.75 bits per heavy atom. The van der Waals surface area contributed by atoms with Crippen LogP contribution >= 0.6 is 0 Å². The summed E-state index contributed by atoms with van der Waals surface area (Å²) in [6.07, 6.45) is 1.15. The van der Waals surface area contributed by atoms with Gasteiger partial charge in [0.1, 0.15) is 12.1 Å². The van der Waals surface area contributed by atoms with Gasteiger partial charge in [0.15, 0.2) is 0 Å². The van der Waals surface area contributed by atoms with Gasteiger partial charge in [-0.2, -0.15) is 0 Å². The fourth-order valence-electron chi connectivity index (χ4n) is 0.731. The molecule has 0 radical (unpaired) electrons. The molecule has 1 aliphatic heterocycles. The normalized spacial score (nSPS) is 28.5. The predicted molar refractivity (Wildman–Crippen MR) is 27.5 cm³/mol. The number of hydrogen-bond acceptors (Lipinski definition) is 3. The van der Waals surface area contributed by atoms with Crippen molar-refractivity contribution in [3.63, 3.8) is 0 Å². The minimum Gasteiger partial charge on any atom is -0.302 e. The van der Waals surface area contributed by atoms with Crippen molar-refractivity contribution >= 4 is 12.1 Å². The highest BCUT2D eigenvalue weighted by Crippen LogP contribution is 1.96. The highest BCUT2D eigenvalue weighted by Gasteiger charge is 2.19. The lowest BCUT2D eigenvalue weighted by atomic mass is 10.2. The summed E-state index contributed by atoms with van der Waals surface area (Å²) in [5, 5.41) is 2.74. The molecule has 1 atom stereocenters. The highest BCUT2D eigenvalue weighted by molar-refractivity contribution is 5.87. The van der Waals surface area contributed by atoms with Crippen molar-refractivity contribution in [3.8, 4) is 0 Å². The molecule has 1 saturated heterocycles. The molecule has 1 rings (SSSR count). The summed E-state index contributed by atoms with van der Waals surface area (Å²) in [5.41, 5.74) is 0. The Hall–Kier alpha value is -0.700. The maximum atomic E-state index is 10.4.